The van der Waals surface area contributed by atoms with Crippen molar-refractivity contribution in [1.29, 1.82) is 0 Å². The first-order valence-corrected chi connectivity index (χ1v) is 19.4. The number of nitrogens with one attached hydrogen (secondary N) is 2. The summed E-state index contributed by atoms with van der Waals surface area (Å²) in [6, 6.07) is 13.0. The number of anilines is 3. The summed E-state index contributed by atoms with van der Waals surface area (Å²) >= 11 is 0. The van der Waals surface area contributed by atoms with E-state index in [0.717, 1.165) is 23.1 Å². The molecule has 5 rings (SSSR count). The van der Waals surface area contributed by atoms with Crippen LogP contribution in [0.25, 0.3) is 10.8 Å². The van der Waals surface area contributed by atoms with E-state index in [2.05, 4.69) is 15.6 Å². The van der Waals surface area contributed by atoms with E-state index >= 15 is 0 Å². The van der Waals surface area contributed by atoms with Gasteiger partial charge in [-0.3, -0.25) is 9.59 Å². The summed E-state index contributed by atoms with van der Waals surface area (Å²) in [4.78, 5) is 59.4. The molecule has 4 aromatic rings. The molecule has 310 valence electrons. The summed E-state index contributed by atoms with van der Waals surface area (Å²) in [5.74, 6) is -0.799. The SMILES string of the molecule is COc1ccc2cc1CCC(=O)Nc1ccc(S(=O)(=O)C(F)(F)F)c(c1)CN(C)C(=O)C2Nc1ccc2c(N(C(=O)OC(C)(C)C)C(=O)OC(C)(C)C)nccc2c1. The first-order chi connectivity index (χ1) is 26.9. The highest BCUT2D eigenvalue weighted by Crippen LogP contribution is 2.36. The van der Waals surface area contributed by atoms with Crippen LogP contribution in [0, 0.1) is 0 Å². The number of halogens is 3. The number of methoxy groups -OCH3 is 1. The van der Waals surface area contributed by atoms with Crippen molar-refractivity contribution in [2.24, 2.45) is 0 Å². The second kappa shape index (κ2) is 16.2. The van der Waals surface area contributed by atoms with Gasteiger partial charge >= 0.3 is 17.7 Å². The zero-order valence-electron chi connectivity index (χ0n) is 33.1. The predicted octanol–water partition coefficient (Wildman–Crippen LogP) is 7.91. The monoisotopic (exact) mass is 827 g/mol. The summed E-state index contributed by atoms with van der Waals surface area (Å²) in [5, 5.41) is 6.59. The maximum Gasteiger partial charge on any atom is 0.501 e. The highest BCUT2D eigenvalue weighted by atomic mass is 32.2. The van der Waals surface area contributed by atoms with E-state index in [1.54, 1.807) is 84.0 Å². The van der Waals surface area contributed by atoms with Crippen molar-refractivity contribution in [3.8, 4) is 5.75 Å². The van der Waals surface area contributed by atoms with Crippen molar-refractivity contribution in [2.75, 3.05) is 29.7 Å². The van der Waals surface area contributed by atoms with Crippen LogP contribution in [0.2, 0.25) is 0 Å². The van der Waals surface area contributed by atoms with Crippen LogP contribution < -0.4 is 20.3 Å². The van der Waals surface area contributed by atoms with Gasteiger partial charge in [-0.15, -0.1) is 0 Å². The highest BCUT2D eigenvalue weighted by Gasteiger charge is 2.48. The molecule has 2 heterocycles. The van der Waals surface area contributed by atoms with Gasteiger partial charge in [-0.1, -0.05) is 6.07 Å². The molecule has 0 radical (unpaired) electrons. The van der Waals surface area contributed by atoms with Crippen LogP contribution in [0.5, 0.6) is 5.75 Å². The van der Waals surface area contributed by atoms with Crippen LogP contribution in [0.1, 0.15) is 70.7 Å². The average molecular weight is 828 g/mol. The van der Waals surface area contributed by atoms with E-state index in [9.17, 15) is 40.8 Å². The standard InChI is InChI=1S/C40H44F3N5O9S/c1-38(2,3)56-36(51)48(37(52)57-39(4,5)6)34-29-13-11-28(20-23(29)17-18-44-34)46-33-25-9-14-30(55-8)24(19-25)10-16-32(49)45-27-12-15-31(58(53,54)40(41,42)43)26(21-27)22-47(7)35(33)50/h9,11-15,17-21,33,46H,10,16,22H2,1-8H3,(H,45,49). The summed E-state index contributed by atoms with van der Waals surface area (Å²) < 4.78 is 83.3. The number of fused-ring (bicyclic) bond motifs is 5. The fourth-order valence-corrected chi connectivity index (χ4v) is 7.08. The third kappa shape index (κ3) is 9.78. The van der Waals surface area contributed by atoms with Crippen molar-refractivity contribution >= 4 is 61.8 Å². The zero-order valence-corrected chi connectivity index (χ0v) is 33.9. The Labute approximate surface area is 333 Å². The molecule has 0 spiro atoms. The fourth-order valence-electron chi connectivity index (χ4n) is 6.11. The molecular weight excluding hydrogens is 784 g/mol. The molecule has 18 heteroatoms. The molecule has 0 saturated heterocycles. The third-order valence-corrected chi connectivity index (χ3v) is 10.2. The molecule has 1 unspecified atom stereocenters. The van der Waals surface area contributed by atoms with Gasteiger partial charge in [0.25, 0.3) is 9.84 Å². The maximum absolute atomic E-state index is 14.4. The summed E-state index contributed by atoms with van der Waals surface area (Å²) in [7, 11) is -3.09. The lowest BCUT2D eigenvalue weighted by atomic mass is 9.98. The van der Waals surface area contributed by atoms with Gasteiger partial charge in [0.2, 0.25) is 11.8 Å². The van der Waals surface area contributed by atoms with Crippen LogP contribution in [-0.4, -0.2) is 73.2 Å². The van der Waals surface area contributed by atoms with Crippen molar-refractivity contribution < 1.29 is 55.0 Å². The topological polar surface area (TPSA) is 174 Å². The molecule has 1 aliphatic rings. The van der Waals surface area contributed by atoms with Crippen molar-refractivity contribution in [2.45, 2.75) is 88.6 Å². The van der Waals surface area contributed by atoms with Crippen LogP contribution in [0.15, 0.2) is 71.8 Å². The lowest BCUT2D eigenvalue weighted by Gasteiger charge is -2.29. The first-order valence-electron chi connectivity index (χ1n) is 18.0. The smallest absolute Gasteiger partial charge is 0.496 e. The Bertz CT molecular complexity index is 2350. The number of aromatic nitrogens is 1. The number of sulfone groups is 1. The normalized spacial score (nSPS) is 15.6. The minimum absolute atomic E-state index is 0.0383. The van der Waals surface area contributed by atoms with Crippen molar-refractivity contribution in [1.82, 2.24) is 9.88 Å². The van der Waals surface area contributed by atoms with Gasteiger partial charge in [0.05, 0.1) is 12.0 Å². The third-order valence-electron chi connectivity index (χ3n) is 8.65. The molecule has 58 heavy (non-hydrogen) atoms. The average Bonchev–Trinajstić information content (AvgIpc) is 3.10. The molecular formula is C40H44F3N5O9S. The van der Waals surface area contributed by atoms with Crippen LogP contribution in [-0.2, 0) is 41.9 Å². The highest BCUT2D eigenvalue weighted by molar-refractivity contribution is 7.92. The van der Waals surface area contributed by atoms with Crippen molar-refractivity contribution in [3.63, 3.8) is 0 Å². The Morgan fingerprint density at radius 1 is 0.879 bits per heavy atom. The number of benzene rings is 3. The Kier molecular flexibility index (Phi) is 12.0. The Morgan fingerprint density at radius 2 is 1.53 bits per heavy atom. The Morgan fingerprint density at radius 3 is 2.14 bits per heavy atom. The van der Waals surface area contributed by atoms with Gasteiger partial charge in [0, 0.05) is 43.0 Å². The molecule has 0 fully saturated rings. The summed E-state index contributed by atoms with van der Waals surface area (Å²) in [6.45, 7) is 9.24. The van der Waals surface area contributed by atoms with Gasteiger partial charge in [0.15, 0.2) is 5.82 Å². The lowest BCUT2D eigenvalue weighted by Crippen LogP contribution is -2.44. The second-order valence-corrected chi connectivity index (χ2v) is 17.4. The maximum atomic E-state index is 14.4. The molecule has 0 saturated carbocycles. The van der Waals surface area contributed by atoms with E-state index in [1.807, 2.05) is 0 Å². The first kappa shape index (κ1) is 43.2. The number of carbonyl (C=O) groups excluding carboxylic acids is 4. The van der Waals surface area contributed by atoms with E-state index in [-0.39, 0.29) is 29.9 Å². The number of pyridine rings is 1. The quantitative estimate of drug-likeness (QED) is 0.200. The molecule has 0 aliphatic carbocycles. The van der Waals surface area contributed by atoms with E-state index in [0.29, 0.717) is 38.2 Å². The van der Waals surface area contributed by atoms with Gasteiger partial charge < -0.3 is 29.7 Å². The number of hydrogen-bond acceptors (Lipinski definition) is 11. The number of hydrogen-bond donors (Lipinski definition) is 2. The van der Waals surface area contributed by atoms with Crippen LogP contribution in [0.3, 0.4) is 0 Å². The number of nitrogens with zero attached hydrogens (tertiary/aromatic N) is 3. The van der Waals surface area contributed by atoms with Gasteiger partial charge in [-0.2, -0.15) is 18.1 Å². The largest absolute Gasteiger partial charge is 0.501 e. The van der Waals surface area contributed by atoms with E-state index in [4.69, 9.17) is 14.2 Å². The van der Waals surface area contributed by atoms with Gasteiger partial charge in [-0.05, 0) is 125 Å². The Balaban J connectivity index is 1.60. The molecule has 2 N–H and O–H groups in total. The van der Waals surface area contributed by atoms with Crippen LogP contribution in [0.4, 0.5) is 40.0 Å². The number of likely N-dealkylation sites (N-methyl/N-ethyl adjacent to an activating group) is 1. The molecule has 4 amide bonds. The number of ether oxygens (including phenoxy) is 3. The number of aryl methyl sites for hydroxylation is 1. The molecule has 3 aromatic carbocycles. The predicted molar refractivity (Wildman–Crippen MR) is 209 cm³/mol. The minimum atomic E-state index is -5.85. The summed E-state index contributed by atoms with van der Waals surface area (Å²) in [5.41, 5.74) is -6.59. The van der Waals surface area contributed by atoms with E-state index in [1.165, 1.54) is 20.4 Å². The number of carbonyl (C=O) groups is 4. The zero-order chi connectivity index (χ0) is 43.0. The molecule has 1 aromatic heterocycles. The Hall–Kier alpha value is -5.91. The number of alkyl halides is 3. The van der Waals surface area contributed by atoms with Crippen LogP contribution >= 0.6 is 0 Å². The number of rotatable bonds is 5. The number of amides is 4. The second-order valence-electron chi connectivity index (χ2n) is 15.5. The number of imide groups is 1. The minimum Gasteiger partial charge on any atom is -0.496 e. The van der Waals surface area contributed by atoms with Crippen molar-refractivity contribution in [3.05, 3.63) is 83.6 Å². The molecule has 1 aliphatic heterocycles. The fraction of sp³-hybridized carbons (Fsp3) is 0.375. The molecule has 4 bridgehead atoms. The van der Waals surface area contributed by atoms with E-state index < -0.39 is 68.0 Å². The molecule has 1 atom stereocenters. The molecule has 14 nitrogen and oxygen atoms in total. The lowest BCUT2D eigenvalue weighted by molar-refractivity contribution is -0.131. The van der Waals surface area contributed by atoms with Gasteiger partial charge in [-0.25, -0.2) is 23.0 Å². The van der Waals surface area contributed by atoms with Gasteiger partial charge in [0.1, 0.15) is 23.0 Å². The summed E-state index contributed by atoms with van der Waals surface area (Å²) in [6.07, 6.45) is -0.626.